The molecule has 3 aromatic rings. The quantitative estimate of drug-likeness (QED) is 0.771. The van der Waals surface area contributed by atoms with Crippen molar-refractivity contribution in [2.75, 3.05) is 12.4 Å². The maximum absolute atomic E-state index is 11.9. The molecule has 1 amide bonds. The second kappa shape index (κ2) is 4.74. The fourth-order valence-corrected chi connectivity index (χ4v) is 2.61. The number of benzene rings is 1. The molecule has 0 bridgehead atoms. The van der Waals surface area contributed by atoms with Crippen LogP contribution in [0.4, 0.5) is 5.13 Å². The average molecular weight is 273 g/mol. The van der Waals surface area contributed by atoms with E-state index in [1.807, 2.05) is 18.2 Å². The molecule has 3 rings (SSSR count). The van der Waals surface area contributed by atoms with Crippen molar-refractivity contribution in [2.24, 2.45) is 0 Å². The lowest BCUT2D eigenvalue weighted by Gasteiger charge is -1.97. The molecule has 0 saturated carbocycles. The highest BCUT2D eigenvalue weighted by Crippen LogP contribution is 2.29. The number of hydrogen-bond acceptors (Lipinski definition) is 4. The summed E-state index contributed by atoms with van der Waals surface area (Å²) in [5, 5.41) is 3.34. The van der Waals surface area contributed by atoms with Gasteiger partial charge in [0.25, 0.3) is 5.91 Å². The SMILES string of the molecule is COc1ccc2nc(NC(=O)c3ccc[nH]3)sc2c1. The number of carbonyl (C=O) groups is 1. The van der Waals surface area contributed by atoms with Gasteiger partial charge in [0.1, 0.15) is 11.4 Å². The molecule has 19 heavy (non-hydrogen) atoms. The summed E-state index contributed by atoms with van der Waals surface area (Å²) in [6, 6.07) is 9.11. The number of aromatic nitrogens is 2. The minimum absolute atomic E-state index is 0.198. The van der Waals surface area contributed by atoms with Gasteiger partial charge in [-0.2, -0.15) is 0 Å². The zero-order valence-electron chi connectivity index (χ0n) is 10.1. The summed E-state index contributed by atoms with van der Waals surface area (Å²) in [6.07, 6.45) is 1.71. The van der Waals surface area contributed by atoms with E-state index in [0.29, 0.717) is 10.8 Å². The van der Waals surface area contributed by atoms with Crippen molar-refractivity contribution >= 4 is 32.6 Å². The first-order chi connectivity index (χ1) is 9.26. The van der Waals surface area contributed by atoms with Crippen LogP contribution in [0, 0.1) is 0 Å². The van der Waals surface area contributed by atoms with E-state index in [9.17, 15) is 4.79 Å². The van der Waals surface area contributed by atoms with Crippen LogP contribution in [0.3, 0.4) is 0 Å². The molecule has 0 aliphatic rings. The van der Waals surface area contributed by atoms with Crippen LogP contribution in [0.1, 0.15) is 10.5 Å². The van der Waals surface area contributed by atoms with Crippen LogP contribution in [0.5, 0.6) is 5.75 Å². The van der Waals surface area contributed by atoms with Crippen molar-refractivity contribution < 1.29 is 9.53 Å². The zero-order chi connectivity index (χ0) is 13.2. The van der Waals surface area contributed by atoms with Gasteiger partial charge >= 0.3 is 0 Å². The first-order valence-corrected chi connectivity index (χ1v) is 6.47. The third-order valence-corrected chi connectivity index (χ3v) is 3.59. The number of nitrogens with one attached hydrogen (secondary N) is 2. The van der Waals surface area contributed by atoms with Crippen LogP contribution in [-0.2, 0) is 0 Å². The number of fused-ring (bicyclic) bond motifs is 1. The van der Waals surface area contributed by atoms with Crippen molar-refractivity contribution in [3.05, 3.63) is 42.2 Å². The van der Waals surface area contributed by atoms with Crippen molar-refractivity contribution in [1.82, 2.24) is 9.97 Å². The van der Waals surface area contributed by atoms with E-state index in [1.165, 1.54) is 11.3 Å². The summed E-state index contributed by atoms with van der Waals surface area (Å²) in [5.74, 6) is 0.578. The molecule has 1 aromatic carbocycles. The molecule has 2 N–H and O–H groups in total. The van der Waals surface area contributed by atoms with Gasteiger partial charge in [0.05, 0.1) is 17.3 Å². The smallest absolute Gasteiger partial charge is 0.273 e. The highest BCUT2D eigenvalue weighted by Gasteiger charge is 2.10. The number of anilines is 1. The van der Waals surface area contributed by atoms with Crippen molar-refractivity contribution in [1.29, 1.82) is 0 Å². The number of methoxy groups -OCH3 is 1. The Morgan fingerprint density at radius 1 is 1.42 bits per heavy atom. The molecule has 0 aliphatic heterocycles. The molecule has 5 nitrogen and oxygen atoms in total. The van der Waals surface area contributed by atoms with Crippen LogP contribution in [-0.4, -0.2) is 23.0 Å². The number of ether oxygens (including phenoxy) is 1. The molecule has 2 heterocycles. The van der Waals surface area contributed by atoms with Crippen molar-refractivity contribution in [2.45, 2.75) is 0 Å². The van der Waals surface area contributed by atoms with Crippen molar-refractivity contribution in [3.63, 3.8) is 0 Å². The number of thiazole rings is 1. The number of carbonyl (C=O) groups excluding carboxylic acids is 1. The summed E-state index contributed by atoms with van der Waals surface area (Å²) >= 11 is 1.42. The zero-order valence-corrected chi connectivity index (χ0v) is 11.0. The van der Waals surface area contributed by atoms with Crippen LogP contribution < -0.4 is 10.1 Å². The molecule has 2 aromatic heterocycles. The summed E-state index contributed by atoms with van der Waals surface area (Å²) in [7, 11) is 1.62. The lowest BCUT2D eigenvalue weighted by atomic mass is 10.3. The predicted octanol–water partition coefficient (Wildman–Crippen LogP) is 2.89. The lowest BCUT2D eigenvalue weighted by Crippen LogP contribution is -2.11. The van der Waals surface area contributed by atoms with Crippen LogP contribution in [0.2, 0.25) is 0 Å². The minimum Gasteiger partial charge on any atom is -0.497 e. The van der Waals surface area contributed by atoms with Gasteiger partial charge in [0, 0.05) is 6.20 Å². The molecule has 0 spiro atoms. The van der Waals surface area contributed by atoms with Gasteiger partial charge in [-0.3, -0.25) is 10.1 Å². The first kappa shape index (κ1) is 11.7. The van der Waals surface area contributed by atoms with Crippen molar-refractivity contribution in [3.8, 4) is 5.75 Å². The second-order valence-corrected chi connectivity index (χ2v) is 4.92. The summed E-state index contributed by atoms with van der Waals surface area (Å²) in [4.78, 5) is 19.1. The predicted molar refractivity (Wildman–Crippen MR) is 74.9 cm³/mol. The van der Waals surface area contributed by atoms with Gasteiger partial charge in [0.2, 0.25) is 0 Å². The minimum atomic E-state index is -0.198. The first-order valence-electron chi connectivity index (χ1n) is 5.65. The van der Waals surface area contributed by atoms with E-state index in [4.69, 9.17) is 4.74 Å². The Hall–Kier alpha value is -2.34. The Bertz CT molecular complexity index is 719. The number of hydrogen-bond donors (Lipinski definition) is 2. The Balaban J connectivity index is 1.87. The van der Waals surface area contributed by atoms with Gasteiger partial charge < -0.3 is 9.72 Å². The maximum atomic E-state index is 11.9. The fourth-order valence-electron chi connectivity index (χ4n) is 1.72. The highest BCUT2D eigenvalue weighted by molar-refractivity contribution is 7.22. The molecule has 0 fully saturated rings. The number of nitrogens with zero attached hydrogens (tertiary/aromatic N) is 1. The lowest BCUT2D eigenvalue weighted by molar-refractivity contribution is 0.102. The largest absolute Gasteiger partial charge is 0.497 e. The molecular weight excluding hydrogens is 262 g/mol. The fraction of sp³-hybridized carbons (Fsp3) is 0.0769. The van der Waals surface area contributed by atoms with Crippen LogP contribution >= 0.6 is 11.3 Å². The third kappa shape index (κ3) is 2.30. The number of H-pyrrole nitrogens is 1. The van der Waals surface area contributed by atoms with Gasteiger partial charge in [-0.1, -0.05) is 11.3 Å². The maximum Gasteiger partial charge on any atom is 0.273 e. The highest BCUT2D eigenvalue weighted by atomic mass is 32.1. The molecule has 0 unspecified atom stereocenters. The second-order valence-electron chi connectivity index (χ2n) is 3.89. The van der Waals surface area contributed by atoms with E-state index >= 15 is 0 Å². The number of amides is 1. The molecule has 0 radical (unpaired) electrons. The average Bonchev–Trinajstić information content (AvgIpc) is 3.06. The van der Waals surface area contributed by atoms with Gasteiger partial charge in [0.15, 0.2) is 5.13 Å². The van der Waals surface area contributed by atoms with E-state index in [-0.39, 0.29) is 5.91 Å². The molecule has 0 atom stereocenters. The number of rotatable bonds is 3. The number of aromatic amines is 1. The topological polar surface area (TPSA) is 67.0 Å². The summed E-state index contributed by atoms with van der Waals surface area (Å²) in [5.41, 5.74) is 1.35. The molecule has 0 saturated heterocycles. The summed E-state index contributed by atoms with van der Waals surface area (Å²) < 4.78 is 6.13. The summed E-state index contributed by atoms with van der Waals surface area (Å²) in [6.45, 7) is 0. The molecule has 6 heteroatoms. The molecule has 0 aliphatic carbocycles. The third-order valence-electron chi connectivity index (χ3n) is 2.66. The van der Waals surface area contributed by atoms with Crippen LogP contribution in [0.15, 0.2) is 36.5 Å². The van der Waals surface area contributed by atoms with E-state index in [0.717, 1.165) is 16.0 Å². The van der Waals surface area contributed by atoms with Gasteiger partial charge in [-0.05, 0) is 30.3 Å². The van der Waals surface area contributed by atoms with Gasteiger partial charge in [-0.25, -0.2) is 4.98 Å². The Labute approximate surface area is 113 Å². The Morgan fingerprint density at radius 3 is 3.05 bits per heavy atom. The Kier molecular flexibility index (Phi) is 2.92. The van der Waals surface area contributed by atoms with Gasteiger partial charge in [-0.15, -0.1) is 0 Å². The Morgan fingerprint density at radius 2 is 2.32 bits per heavy atom. The monoisotopic (exact) mass is 273 g/mol. The van der Waals surface area contributed by atoms with E-state index in [1.54, 1.807) is 25.4 Å². The standard InChI is InChI=1S/C13H11N3O2S/c1-18-8-4-5-9-11(7-8)19-13(15-9)16-12(17)10-3-2-6-14-10/h2-7,14H,1H3,(H,15,16,17). The normalized spacial score (nSPS) is 10.6. The van der Waals surface area contributed by atoms with Crippen LogP contribution in [0.25, 0.3) is 10.2 Å². The van der Waals surface area contributed by atoms with E-state index in [2.05, 4.69) is 15.3 Å². The molecular formula is C13H11N3O2S. The van der Waals surface area contributed by atoms with E-state index < -0.39 is 0 Å². The molecule has 96 valence electrons.